The molecule has 0 unspecified atom stereocenters. The van der Waals surface area contributed by atoms with E-state index in [-0.39, 0.29) is 35.6 Å². The lowest BCUT2D eigenvalue weighted by Crippen LogP contribution is -2.77. The summed E-state index contributed by atoms with van der Waals surface area (Å²) in [6.45, 7) is 15.3. The third-order valence-corrected chi connectivity index (χ3v) is 11.4. The van der Waals surface area contributed by atoms with Gasteiger partial charge in [0.1, 0.15) is 22.9 Å². The van der Waals surface area contributed by atoms with Crippen LogP contribution < -0.4 is 0 Å². The van der Waals surface area contributed by atoms with Crippen molar-refractivity contribution in [3.05, 3.63) is 23.3 Å². The predicted molar refractivity (Wildman–Crippen MR) is 142 cm³/mol. The molecule has 0 aromatic rings. The second kappa shape index (κ2) is 8.48. The highest BCUT2D eigenvalue weighted by Crippen LogP contribution is 2.76. The lowest BCUT2D eigenvalue weighted by atomic mass is 9.42. The molecule has 4 fully saturated rings. The van der Waals surface area contributed by atoms with E-state index in [1.54, 1.807) is 0 Å². The van der Waals surface area contributed by atoms with Gasteiger partial charge in [0.2, 0.25) is 0 Å². The van der Waals surface area contributed by atoms with E-state index < -0.39 is 40.1 Å². The molecule has 0 aromatic heterocycles. The van der Waals surface area contributed by atoms with Gasteiger partial charge in [0.25, 0.3) is 0 Å². The fraction of sp³-hybridized carbons (Fsp3) is 0.806. The zero-order chi connectivity index (χ0) is 28.1. The molecule has 0 aromatic carbocycles. The molecular formula is C31H46O7. The van der Waals surface area contributed by atoms with Crippen LogP contribution in [-0.4, -0.2) is 56.8 Å². The van der Waals surface area contributed by atoms with E-state index in [4.69, 9.17) is 14.2 Å². The molecule has 1 aliphatic heterocycles. The van der Waals surface area contributed by atoms with Crippen LogP contribution in [0.3, 0.4) is 0 Å². The van der Waals surface area contributed by atoms with Gasteiger partial charge >= 0.3 is 5.97 Å². The van der Waals surface area contributed by atoms with E-state index in [1.807, 2.05) is 41.5 Å². The largest absolute Gasteiger partial charge is 0.458 e. The molecule has 8 atom stereocenters. The highest BCUT2D eigenvalue weighted by molar-refractivity contribution is 5.87. The van der Waals surface area contributed by atoms with Crippen LogP contribution >= 0.6 is 0 Å². The van der Waals surface area contributed by atoms with E-state index in [1.165, 1.54) is 18.6 Å². The van der Waals surface area contributed by atoms with Gasteiger partial charge < -0.3 is 24.4 Å². The van der Waals surface area contributed by atoms with Crippen LogP contribution in [-0.2, 0) is 23.8 Å². The first-order valence-corrected chi connectivity index (χ1v) is 14.4. The zero-order valence-corrected chi connectivity index (χ0v) is 24.3. The highest BCUT2D eigenvalue weighted by Gasteiger charge is 2.86. The molecular weight excluding hydrogens is 484 g/mol. The number of hydrogen-bond donors (Lipinski definition) is 2. The standard InChI is InChI=1S/C31H46O7/c1-18(2)19(3)15-25(34)36-24-17-23-27(7)11-10-22(33)16-21(27)9-12-30(23)31(38-26(5,6)37-30)14-13-29(35,20(4)32)28(24,31)8/h9,15,18,22-24,33,35H,10-14,16-17H2,1-8H3/b19-15+/t22-,23+,24+,27-,28+,29+,30-,31+/m0/s1. The molecule has 2 N–H and O–H groups in total. The maximum Gasteiger partial charge on any atom is 0.330 e. The molecule has 0 bridgehead atoms. The predicted octanol–water partition coefficient (Wildman–Crippen LogP) is 4.78. The smallest absolute Gasteiger partial charge is 0.330 e. The van der Waals surface area contributed by atoms with Crippen LogP contribution in [0, 0.1) is 22.7 Å². The Morgan fingerprint density at radius 3 is 2.42 bits per heavy atom. The molecule has 7 heteroatoms. The van der Waals surface area contributed by atoms with Gasteiger partial charge in [-0.15, -0.1) is 0 Å². The quantitative estimate of drug-likeness (QED) is 0.306. The Balaban J connectivity index is 1.71. The average molecular weight is 531 g/mol. The van der Waals surface area contributed by atoms with Crippen molar-refractivity contribution in [2.24, 2.45) is 22.7 Å². The van der Waals surface area contributed by atoms with Crippen molar-refractivity contribution >= 4 is 11.8 Å². The topological polar surface area (TPSA) is 102 Å². The maximum absolute atomic E-state index is 13.3. The van der Waals surface area contributed by atoms with Gasteiger partial charge in [0.05, 0.1) is 11.5 Å². The summed E-state index contributed by atoms with van der Waals surface area (Å²) in [7, 11) is 0. The number of carbonyl (C=O) groups excluding carboxylic acids is 2. The van der Waals surface area contributed by atoms with E-state index in [0.29, 0.717) is 32.1 Å². The lowest BCUT2D eigenvalue weighted by molar-refractivity contribution is -0.272. The molecule has 1 heterocycles. The highest BCUT2D eigenvalue weighted by atomic mass is 16.8. The number of esters is 1. The number of allylic oxidation sites excluding steroid dienone is 1. The number of carbonyl (C=O) groups is 2. The Hall–Kier alpha value is -1.54. The molecule has 7 nitrogen and oxygen atoms in total. The Bertz CT molecular complexity index is 1110. The zero-order valence-electron chi connectivity index (χ0n) is 24.3. The van der Waals surface area contributed by atoms with E-state index >= 15 is 0 Å². The number of aliphatic hydroxyl groups excluding tert-OH is 1. The molecule has 0 radical (unpaired) electrons. The second-order valence-electron chi connectivity index (χ2n) is 13.9. The van der Waals surface area contributed by atoms with Crippen molar-refractivity contribution in [1.82, 2.24) is 0 Å². The molecule has 5 rings (SSSR count). The van der Waals surface area contributed by atoms with Gasteiger partial charge in [-0.1, -0.05) is 38.0 Å². The summed E-state index contributed by atoms with van der Waals surface area (Å²) in [6.07, 6.45) is 6.37. The van der Waals surface area contributed by atoms with E-state index in [0.717, 1.165) is 12.0 Å². The number of fused-ring (bicyclic) bond motifs is 2. The second-order valence-corrected chi connectivity index (χ2v) is 13.9. The Morgan fingerprint density at radius 2 is 1.79 bits per heavy atom. The Labute approximate surface area is 227 Å². The molecule has 1 saturated heterocycles. The number of aliphatic hydroxyl groups is 2. The Kier molecular flexibility index (Phi) is 6.25. The third kappa shape index (κ3) is 3.40. The van der Waals surface area contributed by atoms with Crippen LogP contribution in [0.1, 0.15) is 100 Å². The molecule has 2 spiro atoms. The summed E-state index contributed by atoms with van der Waals surface area (Å²) in [5, 5.41) is 22.7. The monoisotopic (exact) mass is 530 g/mol. The van der Waals surface area contributed by atoms with Crippen LogP contribution in [0.5, 0.6) is 0 Å². The summed E-state index contributed by atoms with van der Waals surface area (Å²) < 4.78 is 20.2. The first-order valence-electron chi connectivity index (χ1n) is 14.4. The average Bonchev–Trinajstić information content (AvgIpc) is 3.20. The van der Waals surface area contributed by atoms with Crippen LogP contribution in [0.25, 0.3) is 0 Å². The molecule has 0 amide bonds. The minimum Gasteiger partial charge on any atom is -0.458 e. The minimum absolute atomic E-state index is 0.0837. The van der Waals surface area contributed by atoms with Gasteiger partial charge in [-0.05, 0) is 90.9 Å². The molecule has 5 aliphatic rings. The fourth-order valence-electron chi connectivity index (χ4n) is 9.15. The van der Waals surface area contributed by atoms with Crippen molar-refractivity contribution in [3.8, 4) is 0 Å². The van der Waals surface area contributed by atoms with Gasteiger partial charge in [0.15, 0.2) is 11.6 Å². The summed E-state index contributed by atoms with van der Waals surface area (Å²) in [5.74, 6) is -1.65. The maximum atomic E-state index is 13.3. The first kappa shape index (κ1) is 28.0. The lowest BCUT2D eigenvalue weighted by Gasteiger charge is -2.66. The summed E-state index contributed by atoms with van der Waals surface area (Å²) in [5.41, 5.74) is -2.97. The van der Waals surface area contributed by atoms with Crippen molar-refractivity contribution < 1.29 is 34.0 Å². The third-order valence-electron chi connectivity index (χ3n) is 11.4. The minimum atomic E-state index is -1.73. The Morgan fingerprint density at radius 1 is 1.11 bits per heavy atom. The van der Waals surface area contributed by atoms with Crippen molar-refractivity contribution in [2.75, 3.05) is 0 Å². The normalized spacial score (nSPS) is 47.5. The number of hydrogen-bond acceptors (Lipinski definition) is 7. The van der Waals surface area contributed by atoms with Crippen LogP contribution in [0.2, 0.25) is 0 Å². The summed E-state index contributed by atoms with van der Waals surface area (Å²) in [6, 6.07) is 0. The fourth-order valence-corrected chi connectivity index (χ4v) is 9.15. The van der Waals surface area contributed by atoms with Crippen molar-refractivity contribution in [3.63, 3.8) is 0 Å². The van der Waals surface area contributed by atoms with Crippen LogP contribution in [0.4, 0.5) is 0 Å². The summed E-state index contributed by atoms with van der Waals surface area (Å²) in [4.78, 5) is 26.6. The number of ether oxygens (including phenoxy) is 3. The molecule has 212 valence electrons. The number of ketones is 1. The number of rotatable bonds is 4. The van der Waals surface area contributed by atoms with E-state index in [2.05, 4.69) is 13.0 Å². The first-order chi connectivity index (χ1) is 17.5. The van der Waals surface area contributed by atoms with Crippen molar-refractivity contribution in [2.45, 2.75) is 135 Å². The van der Waals surface area contributed by atoms with Crippen molar-refractivity contribution in [1.29, 1.82) is 0 Å². The van der Waals surface area contributed by atoms with Gasteiger partial charge in [-0.3, -0.25) is 4.79 Å². The number of Topliss-reactive ketones (excluding diaryl/α,β-unsaturated/α-hetero) is 1. The molecule has 38 heavy (non-hydrogen) atoms. The van der Waals surface area contributed by atoms with Crippen LogP contribution in [0.15, 0.2) is 23.3 Å². The van der Waals surface area contributed by atoms with Gasteiger partial charge in [-0.25, -0.2) is 4.79 Å². The van der Waals surface area contributed by atoms with E-state index in [9.17, 15) is 19.8 Å². The summed E-state index contributed by atoms with van der Waals surface area (Å²) >= 11 is 0. The molecule has 4 aliphatic carbocycles. The SMILES string of the molecule is CC(=O)[C@]1(O)CC[C@]23OC(C)(C)O[C@]24CC=C2C[C@@H](O)CC[C@]2(C)[C@H]4C[C@@H](OC(=O)/C=C(\C)C(C)C)[C@@]31C. The van der Waals surface area contributed by atoms with Gasteiger partial charge in [0, 0.05) is 12.0 Å². The van der Waals surface area contributed by atoms with Gasteiger partial charge in [-0.2, -0.15) is 0 Å². The molecule has 3 saturated carbocycles.